The molecule has 0 unspecified atom stereocenters. The summed E-state index contributed by atoms with van der Waals surface area (Å²) in [7, 11) is 0. The molecule has 1 amide bonds. The Kier molecular flexibility index (Phi) is 6.09. The predicted octanol–water partition coefficient (Wildman–Crippen LogP) is 3.38. The number of anilines is 2. The molecule has 0 spiro atoms. The molecule has 10 heteroatoms. The molecule has 0 N–H and O–H groups in total. The number of piperazine rings is 1. The van der Waals surface area contributed by atoms with Gasteiger partial charge in [0.25, 0.3) is 11.5 Å². The summed E-state index contributed by atoms with van der Waals surface area (Å²) in [6.45, 7) is 4.60. The standard InChI is InChI=1S/C24H22FN5O2S2/c1-2-29-23(32)19(34-24(29)33)15-16-21(26-20-9-5-6-10-30(20)22(16)31)28-13-11-27(12-14-28)18-8-4-3-7-17(18)25/h3-10,15H,2,11-14H2,1H3/b19-15+. The molecule has 0 aliphatic carbocycles. The molecule has 34 heavy (non-hydrogen) atoms. The molecule has 0 bridgehead atoms. The molecule has 1 aromatic carbocycles. The van der Waals surface area contributed by atoms with Crippen molar-refractivity contribution in [2.45, 2.75) is 6.92 Å². The van der Waals surface area contributed by atoms with E-state index in [2.05, 4.69) is 0 Å². The van der Waals surface area contributed by atoms with E-state index in [1.54, 1.807) is 36.5 Å². The minimum atomic E-state index is -0.253. The average molecular weight is 496 g/mol. The first kappa shape index (κ1) is 22.5. The van der Waals surface area contributed by atoms with Crippen molar-refractivity contribution in [1.29, 1.82) is 0 Å². The van der Waals surface area contributed by atoms with Gasteiger partial charge in [-0.25, -0.2) is 9.37 Å². The second kappa shape index (κ2) is 9.19. The van der Waals surface area contributed by atoms with Crippen molar-refractivity contribution in [3.8, 4) is 0 Å². The van der Waals surface area contributed by atoms with Crippen LogP contribution in [0.25, 0.3) is 11.7 Å². The number of hydrogen-bond acceptors (Lipinski definition) is 7. The average Bonchev–Trinajstić information content (AvgIpc) is 3.13. The van der Waals surface area contributed by atoms with Gasteiger partial charge in [0, 0.05) is 38.9 Å². The van der Waals surface area contributed by atoms with Crippen molar-refractivity contribution in [1.82, 2.24) is 14.3 Å². The van der Waals surface area contributed by atoms with E-state index >= 15 is 0 Å². The molecule has 3 aromatic rings. The second-order valence-corrected chi connectivity index (χ2v) is 9.61. The number of likely N-dealkylation sites (N-methyl/N-ethyl adjacent to an activating group) is 1. The van der Waals surface area contributed by atoms with Crippen LogP contribution in [0.2, 0.25) is 0 Å². The number of pyridine rings is 1. The monoisotopic (exact) mass is 495 g/mol. The van der Waals surface area contributed by atoms with Gasteiger partial charge >= 0.3 is 0 Å². The molecule has 0 saturated carbocycles. The van der Waals surface area contributed by atoms with Gasteiger partial charge in [-0.05, 0) is 37.3 Å². The Balaban J connectivity index is 1.53. The SMILES string of the molecule is CCN1C(=O)/C(=C\c2c(N3CCN(c4ccccc4F)CC3)nc3ccccn3c2=O)SC1=S. The molecule has 5 rings (SSSR count). The van der Waals surface area contributed by atoms with E-state index in [9.17, 15) is 14.0 Å². The fraction of sp³-hybridized carbons (Fsp3) is 0.250. The zero-order chi connectivity index (χ0) is 23.8. The predicted molar refractivity (Wildman–Crippen MR) is 138 cm³/mol. The second-order valence-electron chi connectivity index (χ2n) is 7.93. The molecule has 2 saturated heterocycles. The van der Waals surface area contributed by atoms with Gasteiger partial charge in [0.05, 0.1) is 16.2 Å². The molecular formula is C24H22FN5O2S2. The van der Waals surface area contributed by atoms with Crippen LogP contribution in [0.1, 0.15) is 12.5 Å². The number of carbonyl (C=O) groups is 1. The summed E-state index contributed by atoms with van der Waals surface area (Å²) >= 11 is 6.52. The van der Waals surface area contributed by atoms with Crippen LogP contribution in [0, 0.1) is 5.82 Å². The summed E-state index contributed by atoms with van der Waals surface area (Å²) in [5.74, 6) is 0.0631. The fourth-order valence-electron chi connectivity index (χ4n) is 4.23. The summed E-state index contributed by atoms with van der Waals surface area (Å²) in [5.41, 5.74) is 1.19. The van der Waals surface area contributed by atoms with Crippen LogP contribution >= 0.6 is 24.0 Å². The Bertz CT molecular complexity index is 1380. The lowest BCUT2D eigenvalue weighted by atomic mass is 10.2. The van der Waals surface area contributed by atoms with Gasteiger partial charge in [-0.2, -0.15) is 0 Å². The summed E-state index contributed by atoms with van der Waals surface area (Å²) < 4.78 is 16.2. The van der Waals surface area contributed by atoms with Gasteiger partial charge in [-0.3, -0.25) is 18.9 Å². The third-order valence-electron chi connectivity index (χ3n) is 5.99. The van der Waals surface area contributed by atoms with Crippen molar-refractivity contribution in [2.24, 2.45) is 0 Å². The molecule has 2 fully saturated rings. The molecule has 2 aliphatic rings. The molecule has 0 radical (unpaired) electrons. The lowest BCUT2D eigenvalue weighted by Gasteiger charge is -2.37. The number of carbonyl (C=O) groups excluding carboxylic acids is 1. The highest BCUT2D eigenvalue weighted by Gasteiger charge is 2.32. The highest BCUT2D eigenvalue weighted by atomic mass is 32.2. The van der Waals surface area contributed by atoms with Crippen molar-refractivity contribution in [3.05, 3.63) is 75.3 Å². The van der Waals surface area contributed by atoms with Gasteiger partial charge in [0.1, 0.15) is 21.6 Å². The number of aromatic nitrogens is 2. The van der Waals surface area contributed by atoms with Crippen molar-refractivity contribution in [3.63, 3.8) is 0 Å². The van der Waals surface area contributed by atoms with Crippen LogP contribution in [0.5, 0.6) is 0 Å². The Morgan fingerprint density at radius 3 is 2.47 bits per heavy atom. The summed E-state index contributed by atoms with van der Waals surface area (Å²) in [5, 5.41) is 0. The van der Waals surface area contributed by atoms with Crippen LogP contribution in [-0.2, 0) is 4.79 Å². The number of hydrogen-bond donors (Lipinski definition) is 0. The highest BCUT2D eigenvalue weighted by molar-refractivity contribution is 8.26. The molecule has 2 aliphatic heterocycles. The minimum absolute atomic E-state index is 0.203. The maximum atomic E-state index is 14.3. The number of thiocarbonyl (C=S) groups is 1. The third kappa shape index (κ3) is 3.97. The molecule has 7 nitrogen and oxygen atoms in total. The lowest BCUT2D eigenvalue weighted by molar-refractivity contribution is -0.121. The first-order chi connectivity index (χ1) is 16.5. The van der Waals surface area contributed by atoms with Gasteiger partial charge in [-0.1, -0.05) is 42.2 Å². The number of halogens is 1. The van der Waals surface area contributed by atoms with Gasteiger partial charge < -0.3 is 9.80 Å². The smallest absolute Gasteiger partial charge is 0.267 e. The highest BCUT2D eigenvalue weighted by Crippen LogP contribution is 2.33. The van der Waals surface area contributed by atoms with Gasteiger partial charge in [-0.15, -0.1) is 0 Å². The molecule has 174 valence electrons. The minimum Gasteiger partial charge on any atom is -0.366 e. The quantitative estimate of drug-likeness (QED) is 0.406. The van der Waals surface area contributed by atoms with Crippen LogP contribution in [0.3, 0.4) is 0 Å². The summed E-state index contributed by atoms with van der Waals surface area (Å²) in [4.78, 5) is 37.0. The van der Waals surface area contributed by atoms with E-state index in [1.807, 2.05) is 28.9 Å². The number of benzene rings is 1. The topological polar surface area (TPSA) is 61.2 Å². The lowest BCUT2D eigenvalue weighted by Crippen LogP contribution is -2.47. The van der Waals surface area contributed by atoms with Crippen LogP contribution < -0.4 is 15.4 Å². The molecule has 0 atom stereocenters. The fourth-order valence-corrected chi connectivity index (χ4v) is 5.60. The van der Waals surface area contributed by atoms with Gasteiger partial charge in [0.15, 0.2) is 0 Å². The number of amides is 1. The molecular weight excluding hydrogens is 473 g/mol. The van der Waals surface area contributed by atoms with E-state index in [-0.39, 0.29) is 17.3 Å². The Hall–Kier alpha value is -3.24. The largest absolute Gasteiger partial charge is 0.366 e. The van der Waals surface area contributed by atoms with Gasteiger partial charge in [0.2, 0.25) is 0 Å². The molecule has 4 heterocycles. The Morgan fingerprint density at radius 2 is 1.76 bits per heavy atom. The number of rotatable bonds is 4. The van der Waals surface area contributed by atoms with E-state index in [0.717, 1.165) is 0 Å². The van der Waals surface area contributed by atoms with Crippen molar-refractivity contribution >= 4 is 57.4 Å². The Labute approximate surface area is 205 Å². The normalized spacial score (nSPS) is 17.9. The number of nitrogens with zero attached hydrogens (tertiary/aromatic N) is 5. The number of fused-ring (bicyclic) bond motifs is 1. The zero-order valence-corrected chi connectivity index (χ0v) is 20.1. The maximum absolute atomic E-state index is 14.3. The first-order valence-corrected chi connectivity index (χ1v) is 12.2. The van der Waals surface area contributed by atoms with E-state index < -0.39 is 0 Å². The van der Waals surface area contributed by atoms with Crippen molar-refractivity contribution < 1.29 is 9.18 Å². The first-order valence-electron chi connectivity index (χ1n) is 11.0. The number of thioether (sulfide) groups is 1. The zero-order valence-electron chi connectivity index (χ0n) is 18.5. The van der Waals surface area contributed by atoms with E-state index in [4.69, 9.17) is 17.2 Å². The van der Waals surface area contributed by atoms with Crippen LogP contribution in [0.4, 0.5) is 15.9 Å². The summed E-state index contributed by atoms with van der Waals surface area (Å²) in [6, 6.07) is 12.1. The van der Waals surface area contributed by atoms with Crippen LogP contribution in [-0.4, -0.2) is 57.2 Å². The maximum Gasteiger partial charge on any atom is 0.267 e. The Morgan fingerprint density at radius 1 is 1.06 bits per heavy atom. The third-order valence-corrected chi connectivity index (χ3v) is 7.36. The molecule has 2 aromatic heterocycles. The van der Waals surface area contributed by atoms with Crippen molar-refractivity contribution in [2.75, 3.05) is 42.5 Å². The van der Waals surface area contributed by atoms with E-state index in [1.165, 1.54) is 27.1 Å². The van der Waals surface area contributed by atoms with Crippen LogP contribution in [0.15, 0.2) is 58.4 Å². The summed E-state index contributed by atoms with van der Waals surface area (Å²) in [6.07, 6.45) is 3.28. The number of para-hydroxylation sites is 1. The van der Waals surface area contributed by atoms with E-state index in [0.29, 0.717) is 64.7 Å².